The van der Waals surface area contributed by atoms with E-state index in [1.807, 2.05) is 0 Å². The Labute approximate surface area is 125 Å². The molecule has 0 spiro atoms. The topological polar surface area (TPSA) is 49.2 Å². The van der Waals surface area contributed by atoms with Gasteiger partial charge in [-0.25, -0.2) is 4.98 Å². The highest BCUT2D eigenvalue weighted by Crippen LogP contribution is 2.26. The van der Waals surface area contributed by atoms with Gasteiger partial charge in [0, 0.05) is 12.1 Å². The molecule has 1 aliphatic heterocycles. The fourth-order valence-corrected chi connectivity index (χ4v) is 2.86. The summed E-state index contributed by atoms with van der Waals surface area (Å²) in [6, 6.07) is 6.53. The Morgan fingerprint density at radius 2 is 2.10 bits per heavy atom. The highest BCUT2D eigenvalue weighted by molar-refractivity contribution is 5.62. The minimum absolute atomic E-state index is 0.175. The van der Waals surface area contributed by atoms with Gasteiger partial charge in [-0.2, -0.15) is 0 Å². The maximum atomic E-state index is 9.46. The fraction of sp³-hybridized carbons (Fsp3) is 0.412. The van der Waals surface area contributed by atoms with Crippen molar-refractivity contribution in [1.82, 2.24) is 9.97 Å². The number of rotatable bonds is 3. The van der Waals surface area contributed by atoms with Crippen LogP contribution in [0.5, 0.6) is 0 Å². The van der Waals surface area contributed by atoms with Crippen LogP contribution < -0.4 is 4.90 Å². The van der Waals surface area contributed by atoms with E-state index < -0.39 is 0 Å². The predicted octanol–water partition coefficient (Wildman–Crippen LogP) is 2.72. The fourth-order valence-electron chi connectivity index (χ4n) is 2.86. The number of aryl methyl sites for hydroxylation is 2. The number of anilines is 1. The molecule has 21 heavy (non-hydrogen) atoms. The molecule has 0 bridgehead atoms. The Bertz CT molecular complexity index is 642. The van der Waals surface area contributed by atoms with Gasteiger partial charge in [0.25, 0.3) is 0 Å². The third-order valence-corrected chi connectivity index (χ3v) is 4.31. The smallest absolute Gasteiger partial charge is 0.148 e. The highest BCUT2D eigenvalue weighted by atomic mass is 16.3. The van der Waals surface area contributed by atoms with Crippen LogP contribution in [0.3, 0.4) is 0 Å². The van der Waals surface area contributed by atoms with Gasteiger partial charge in [-0.1, -0.05) is 12.1 Å². The summed E-state index contributed by atoms with van der Waals surface area (Å²) >= 11 is 0. The number of aliphatic hydroxyl groups excluding tert-OH is 1. The van der Waals surface area contributed by atoms with Crippen LogP contribution in [0.4, 0.5) is 5.82 Å². The molecule has 2 heterocycles. The molecule has 1 N–H and O–H groups in total. The van der Waals surface area contributed by atoms with Gasteiger partial charge in [0.2, 0.25) is 0 Å². The van der Waals surface area contributed by atoms with E-state index in [1.165, 1.54) is 11.1 Å². The quantitative estimate of drug-likeness (QED) is 0.941. The standard InChI is InChI=1S/C17H21N3O/c1-12-5-6-14(8-13(12)2)16-9-18-10-17(19-16)20-7-3-4-15(20)11-21/h5-6,8-10,15,21H,3-4,7,11H2,1-2H3. The first-order valence-corrected chi connectivity index (χ1v) is 7.46. The van der Waals surface area contributed by atoms with Crippen LogP contribution in [0, 0.1) is 13.8 Å². The van der Waals surface area contributed by atoms with Crippen molar-refractivity contribution in [1.29, 1.82) is 0 Å². The third kappa shape index (κ3) is 2.76. The summed E-state index contributed by atoms with van der Waals surface area (Å²) in [5, 5.41) is 9.46. The zero-order valence-corrected chi connectivity index (χ0v) is 12.6. The molecule has 1 unspecified atom stereocenters. The zero-order chi connectivity index (χ0) is 14.8. The molecule has 0 radical (unpaired) electrons. The van der Waals surface area contributed by atoms with E-state index in [2.05, 4.69) is 41.9 Å². The van der Waals surface area contributed by atoms with E-state index in [0.29, 0.717) is 0 Å². The molecule has 4 nitrogen and oxygen atoms in total. The lowest BCUT2D eigenvalue weighted by Crippen LogP contribution is -2.32. The minimum Gasteiger partial charge on any atom is -0.394 e. The van der Waals surface area contributed by atoms with E-state index in [0.717, 1.165) is 36.5 Å². The van der Waals surface area contributed by atoms with Crippen LogP contribution in [0.25, 0.3) is 11.3 Å². The van der Waals surface area contributed by atoms with Gasteiger partial charge in [-0.15, -0.1) is 0 Å². The first-order valence-electron chi connectivity index (χ1n) is 7.46. The van der Waals surface area contributed by atoms with Crippen LogP contribution in [-0.4, -0.2) is 34.3 Å². The number of hydrogen-bond donors (Lipinski definition) is 1. The van der Waals surface area contributed by atoms with Crippen LogP contribution >= 0.6 is 0 Å². The lowest BCUT2D eigenvalue weighted by atomic mass is 10.0. The molecule has 1 aromatic heterocycles. The van der Waals surface area contributed by atoms with E-state index >= 15 is 0 Å². The Hall–Kier alpha value is -1.94. The molecule has 4 heteroatoms. The SMILES string of the molecule is Cc1ccc(-c2cncc(N3CCCC3CO)n2)cc1C. The molecule has 0 aliphatic carbocycles. The Balaban J connectivity index is 1.94. The van der Waals surface area contributed by atoms with Crippen LogP contribution in [0.1, 0.15) is 24.0 Å². The molecule has 1 saturated heterocycles. The monoisotopic (exact) mass is 283 g/mol. The highest BCUT2D eigenvalue weighted by Gasteiger charge is 2.25. The van der Waals surface area contributed by atoms with Crippen LogP contribution in [-0.2, 0) is 0 Å². The number of nitrogens with zero attached hydrogens (tertiary/aromatic N) is 3. The van der Waals surface area contributed by atoms with Gasteiger partial charge < -0.3 is 10.0 Å². The molecule has 3 rings (SSSR count). The van der Waals surface area contributed by atoms with Crippen molar-refractivity contribution in [3.8, 4) is 11.3 Å². The normalized spacial score (nSPS) is 18.2. The van der Waals surface area contributed by atoms with Crippen molar-refractivity contribution >= 4 is 5.82 Å². The Kier molecular flexibility index (Phi) is 3.88. The molecule has 1 fully saturated rings. The Morgan fingerprint density at radius 3 is 2.86 bits per heavy atom. The first kappa shape index (κ1) is 14.0. The first-order chi connectivity index (χ1) is 10.2. The molecular formula is C17H21N3O. The lowest BCUT2D eigenvalue weighted by Gasteiger charge is -2.24. The van der Waals surface area contributed by atoms with E-state index in [9.17, 15) is 5.11 Å². The van der Waals surface area contributed by atoms with E-state index in [1.54, 1.807) is 12.4 Å². The van der Waals surface area contributed by atoms with E-state index in [-0.39, 0.29) is 12.6 Å². The number of benzene rings is 1. The predicted molar refractivity (Wildman–Crippen MR) is 84.4 cm³/mol. The second kappa shape index (κ2) is 5.82. The van der Waals surface area contributed by atoms with Gasteiger partial charge in [0.05, 0.1) is 30.7 Å². The summed E-state index contributed by atoms with van der Waals surface area (Å²) < 4.78 is 0. The van der Waals surface area contributed by atoms with Crippen molar-refractivity contribution in [2.24, 2.45) is 0 Å². The summed E-state index contributed by atoms with van der Waals surface area (Å²) in [6.45, 7) is 5.33. The summed E-state index contributed by atoms with van der Waals surface area (Å²) in [7, 11) is 0. The third-order valence-electron chi connectivity index (χ3n) is 4.31. The van der Waals surface area contributed by atoms with Crippen molar-refractivity contribution in [3.63, 3.8) is 0 Å². The van der Waals surface area contributed by atoms with E-state index in [4.69, 9.17) is 4.98 Å². The molecule has 1 aromatic carbocycles. The summed E-state index contributed by atoms with van der Waals surface area (Å²) in [6.07, 6.45) is 5.71. The molecule has 1 atom stereocenters. The summed E-state index contributed by atoms with van der Waals surface area (Å²) in [4.78, 5) is 11.3. The number of hydrogen-bond acceptors (Lipinski definition) is 4. The zero-order valence-electron chi connectivity index (χ0n) is 12.6. The molecule has 110 valence electrons. The van der Waals surface area contributed by atoms with Crippen LogP contribution in [0.15, 0.2) is 30.6 Å². The lowest BCUT2D eigenvalue weighted by molar-refractivity contribution is 0.266. The molecule has 1 aliphatic rings. The number of aromatic nitrogens is 2. The van der Waals surface area contributed by atoms with Crippen LogP contribution in [0.2, 0.25) is 0 Å². The Morgan fingerprint density at radius 1 is 1.24 bits per heavy atom. The largest absolute Gasteiger partial charge is 0.394 e. The van der Waals surface area contributed by atoms with Crippen molar-refractivity contribution in [2.45, 2.75) is 32.7 Å². The second-order valence-electron chi connectivity index (χ2n) is 5.73. The molecule has 0 amide bonds. The average Bonchev–Trinajstić information content (AvgIpc) is 2.99. The second-order valence-corrected chi connectivity index (χ2v) is 5.73. The molecule has 2 aromatic rings. The summed E-state index contributed by atoms with van der Waals surface area (Å²) in [5.74, 6) is 0.863. The van der Waals surface area contributed by atoms with Gasteiger partial charge >= 0.3 is 0 Å². The summed E-state index contributed by atoms with van der Waals surface area (Å²) in [5.41, 5.74) is 4.52. The van der Waals surface area contributed by atoms with Gasteiger partial charge in [-0.3, -0.25) is 4.98 Å². The van der Waals surface area contributed by atoms with Crippen molar-refractivity contribution in [3.05, 3.63) is 41.7 Å². The van der Waals surface area contributed by atoms with Crippen molar-refractivity contribution in [2.75, 3.05) is 18.1 Å². The van der Waals surface area contributed by atoms with Gasteiger partial charge in [0.15, 0.2) is 0 Å². The minimum atomic E-state index is 0.175. The van der Waals surface area contributed by atoms with Gasteiger partial charge in [0.1, 0.15) is 5.82 Å². The van der Waals surface area contributed by atoms with Gasteiger partial charge in [-0.05, 0) is 43.9 Å². The average molecular weight is 283 g/mol. The van der Waals surface area contributed by atoms with Crippen molar-refractivity contribution < 1.29 is 5.11 Å². The maximum Gasteiger partial charge on any atom is 0.148 e. The molecular weight excluding hydrogens is 262 g/mol. The molecule has 0 saturated carbocycles. The number of aliphatic hydroxyl groups is 1. The maximum absolute atomic E-state index is 9.46.